The van der Waals surface area contributed by atoms with Gasteiger partial charge < -0.3 is 9.47 Å². The van der Waals surface area contributed by atoms with Crippen molar-refractivity contribution in [1.82, 2.24) is 4.90 Å². The van der Waals surface area contributed by atoms with Crippen molar-refractivity contribution >= 4 is 19.7 Å². The number of hydrogen-bond donors (Lipinski definition) is 0. The van der Waals surface area contributed by atoms with E-state index in [0.717, 1.165) is 25.2 Å². The highest BCUT2D eigenvalue weighted by atomic mass is 35.7. The Balaban J connectivity index is 1.97. The van der Waals surface area contributed by atoms with Gasteiger partial charge in [-0.15, -0.1) is 0 Å². The normalized spacial score (nSPS) is 20.4. The fourth-order valence-electron chi connectivity index (χ4n) is 2.29. The molecule has 0 saturated carbocycles. The SMILES string of the molecule is CCN1CCOC(COc2ccc(S(=O)(=O)Cl)cc2C)C1. The number of nitrogens with zero attached hydrogens (tertiary/aromatic N) is 1. The summed E-state index contributed by atoms with van der Waals surface area (Å²) in [7, 11) is 1.62. The van der Waals surface area contributed by atoms with Crippen molar-refractivity contribution in [3.63, 3.8) is 0 Å². The van der Waals surface area contributed by atoms with Crippen LogP contribution in [0.25, 0.3) is 0 Å². The molecular weight excluding hydrogens is 314 g/mol. The van der Waals surface area contributed by atoms with Crippen LogP contribution in [-0.2, 0) is 13.8 Å². The third-order valence-corrected chi connectivity index (χ3v) is 4.87. The van der Waals surface area contributed by atoms with Crippen molar-refractivity contribution in [3.8, 4) is 5.75 Å². The number of halogens is 1. The minimum absolute atomic E-state index is 0.0366. The van der Waals surface area contributed by atoms with Crippen LogP contribution in [-0.4, -0.2) is 52.3 Å². The van der Waals surface area contributed by atoms with E-state index in [1.54, 1.807) is 13.0 Å². The van der Waals surface area contributed by atoms with Gasteiger partial charge in [-0.1, -0.05) is 6.92 Å². The van der Waals surface area contributed by atoms with E-state index in [1.165, 1.54) is 12.1 Å². The summed E-state index contributed by atoms with van der Waals surface area (Å²) in [5.74, 6) is 0.649. The zero-order valence-corrected chi connectivity index (χ0v) is 13.8. The van der Waals surface area contributed by atoms with Gasteiger partial charge in [0.2, 0.25) is 0 Å². The minimum Gasteiger partial charge on any atom is -0.491 e. The molecule has 1 fully saturated rings. The molecular formula is C14H20ClNO4S. The number of hydrogen-bond acceptors (Lipinski definition) is 5. The van der Waals surface area contributed by atoms with Crippen LogP contribution in [0.3, 0.4) is 0 Å². The second-order valence-corrected chi connectivity index (χ2v) is 7.63. The van der Waals surface area contributed by atoms with Crippen molar-refractivity contribution < 1.29 is 17.9 Å². The van der Waals surface area contributed by atoms with Gasteiger partial charge in [-0.2, -0.15) is 0 Å². The Hall–Kier alpha value is -0.820. The summed E-state index contributed by atoms with van der Waals surface area (Å²) < 4.78 is 34.0. The van der Waals surface area contributed by atoms with Crippen LogP contribution in [0.1, 0.15) is 12.5 Å². The van der Waals surface area contributed by atoms with Gasteiger partial charge in [0.25, 0.3) is 9.05 Å². The summed E-state index contributed by atoms with van der Waals surface area (Å²) in [6.45, 7) is 7.88. The molecule has 0 aliphatic carbocycles. The predicted molar refractivity (Wildman–Crippen MR) is 81.6 cm³/mol. The van der Waals surface area contributed by atoms with E-state index in [1.807, 2.05) is 0 Å². The number of rotatable bonds is 5. The molecule has 7 heteroatoms. The highest BCUT2D eigenvalue weighted by molar-refractivity contribution is 8.13. The summed E-state index contributed by atoms with van der Waals surface area (Å²) in [4.78, 5) is 2.40. The number of benzene rings is 1. The smallest absolute Gasteiger partial charge is 0.261 e. The lowest BCUT2D eigenvalue weighted by Crippen LogP contribution is -2.44. The third-order valence-electron chi connectivity index (χ3n) is 3.52. The molecule has 1 aromatic carbocycles. The fourth-order valence-corrected chi connectivity index (χ4v) is 3.12. The molecule has 0 radical (unpaired) electrons. The van der Waals surface area contributed by atoms with E-state index in [4.69, 9.17) is 20.2 Å². The first kappa shape index (κ1) is 16.5. The molecule has 21 heavy (non-hydrogen) atoms. The molecule has 0 aromatic heterocycles. The van der Waals surface area contributed by atoms with Gasteiger partial charge in [0.05, 0.1) is 11.5 Å². The Labute approximate surface area is 130 Å². The van der Waals surface area contributed by atoms with Crippen LogP contribution in [0, 0.1) is 6.92 Å². The third kappa shape index (κ3) is 4.57. The number of likely N-dealkylation sites (N-methyl/N-ethyl adjacent to an activating group) is 1. The van der Waals surface area contributed by atoms with Crippen molar-refractivity contribution in [3.05, 3.63) is 23.8 Å². The van der Waals surface area contributed by atoms with Crippen LogP contribution >= 0.6 is 10.7 Å². The topological polar surface area (TPSA) is 55.8 Å². The Bertz CT molecular complexity index is 591. The molecule has 1 heterocycles. The Morgan fingerprint density at radius 3 is 2.86 bits per heavy atom. The van der Waals surface area contributed by atoms with Crippen molar-refractivity contribution in [2.24, 2.45) is 0 Å². The minimum atomic E-state index is -3.70. The van der Waals surface area contributed by atoms with E-state index < -0.39 is 9.05 Å². The second kappa shape index (κ2) is 6.96. The lowest BCUT2D eigenvalue weighted by atomic mass is 10.2. The zero-order valence-electron chi connectivity index (χ0n) is 12.2. The van der Waals surface area contributed by atoms with E-state index in [9.17, 15) is 8.42 Å². The first-order valence-electron chi connectivity index (χ1n) is 6.92. The predicted octanol–water partition coefficient (Wildman–Crippen LogP) is 2.02. The maximum absolute atomic E-state index is 11.3. The van der Waals surface area contributed by atoms with Gasteiger partial charge in [0.1, 0.15) is 18.5 Å². The van der Waals surface area contributed by atoms with E-state index in [0.29, 0.717) is 19.0 Å². The summed E-state index contributed by atoms with van der Waals surface area (Å²) in [5, 5.41) is 0. The molecule has 1 aliphatic rings. The lowest BCUT2D eigenvalue weighted by Gasteiger charge is -2.31. The van der Waals surface area contributed by atoms with Gasteiger partial charge >= 0.3 is 0 Å². The average Bonchev–Trinajstić information content (AvgIpc) is 2.45. The highest BCUT2D eigenvalue weighted by Gasteiger charge is 2.20. The van der Waals surface area contributed by atoms with Crippen LogP contribution in [0.5, 0.6) is 5.75 Å². The van der Waals surface area contributed by atoms with Crippen LogP contribution < -0.4 is 4.74 Å². The van der Waals surface area contributed by atoms with E-state index in [2.05, 4.69) is 11.8 Å². The molecule has 118 valence electrons. The molecule has 1 aliphatic heterocycles. The van der Waals surface area contributed by atoms with Gasteiger partial charge in [-0.3, -0.25) is 4.90 Å². The first-order valence-corrected chi connectivity index (χ1v) is 9.23. The standard InChI is InChI=1S/C14H20ClNO4S/c1-3-16-6-7-19-12(9-16)10-20-14-5-4-13(8-11(14)2)21(15,17)18/h4-5,8,12H,3,6-7,9-10H2,1-2H3. The fraction of sp³-hybridized carbons (Fsp3) is 0.571. The lowest BCUT2D eigenvalue weighted by molar-refractivity contribution is -0.0464. The van der Waals surface area contributed by atoms with E-state index >= 15 is 0 Å². The Kier molecular flexibility index (Phi) is 5.48. The molecule has 1 unspecified atom stereocenters. The maximum atomic E-state index is 11.3. The monoisotopic (exact) mass is 333 g/mol. The summed E-state index contributed by atoms with van der Waals surface area (Å²) in [6.07, 6.45) is 0.0366. The molecule has 0 amide bonds. The molecule has 5 nitrogen and oxygen atoms in total. The Morgan fingerprint density at radius 1 is 1.48 bits per heavy atom. The zero-order chi connectivity index (χ0) is 15.5. The Morgan fingerprint density at radius 2 is 2.24 bits per heavy atom. The van der Waals surface area contributed by atoms with E-state index in [-0.39, 0.29) is 11.0 Å². The van der Waals surface area contributed by atoms with Gasteiger partial charge in [-0.25, -0.2) is 8.42 Å². The van der Waals surface area contributed by atoms with Crippen molar-refractivity contribution in [2.75, 3.05) is 32.8 Å². The van der Waals surface area contributed by atoms with Crippen molar-refractivity contribution in [1.29, 1.82) is 0 Å². The summed E-state index contributed by atoms with van der Waals surface area (Å²) in [6, 6.07) is 4.59. The highest BCUT2D eigenvalue weighted by Crippen LogP contribution is 2.24. The van der Waals surface area contributed by atoms with Crippen LogP contribution in [0.15, 0.2) is 23.1 Å². The van der Waals surface area contributed by atoms with Crippen LogP contribution in [0.2, 0.25) is 0 Å². The van der Waals surface area contributed by atoms with Crippen molar-refractivity contribution in [2.45, 2.75) is 24.8 Å². The molecule has 1 atom stereocenters. The molecule has 0 N–H and O–H groups in total. The average molecular weight is 334 g/mol. The molecule has 1 aromatic rings. The second-order valence-electron chi connectivity index (χ2n) is 5.06. The summed E-state index contributed by atoms with van der Waals surface area (Å²) in [5.41, 5.74) is 0.736. The largest absolute Gasteiger partial charge is 0.491 e. The maximum Gasteiger partial charge on any atom is 0.261 e. The van der Waals surface area contributed by atoms with Gasteiger partial charge in [0, 0.05) is 23.8 Å². The summed E-state index contributed by atoms with van der Waals surface area (Å²) >= 11 is 0. The molecule has 0 bridgehead atoms. The number of aryl methyl sites for hydroxylation is 1. The number of morpholine rings is 1. The first-order chi connectivity index (χ1) is 9.90. The van der Waals surface area contributed by atoms with Gasteiger partial charge in [0.15, 0.2) is 0 Å². The quantitative estimate of drug-likeness (QED) is 0.772. The number of ether oxygens (including phenoxy) is 2. The molecule has 2 rings (SSSR count). The molecule has 1 saturated heterocycles. The van der Waals surface area contributed by atoms with Crippen LogP contribution in [0.4, 0.5) is 0 Å². The molecule has 0 spiro atoms. The van der Waals surface area contributed by atoms with Gasteiger partial charge in [-0.05, 0) is 37.2 Å².